The van der Waals surface area contributed by atoms with Gasteiger partial charge in [-0.1, -0.05) is 38.0 Å². The number of hydrogen-bond donors (Lipinski definition) is 1. The van der Waals surface area contributed by atoms with Crippen LogP contribution in [-0.2, 0) is 0 Å². The van der Waals surface area contributed by atoms with Crippen LogP contribution in [0.1, 0.15) is 51.1 Å². The van der Waals surface area contributed by atoms with Crippen molar-refractivity contribution in [3.63, 3.8) is 0 Å². The third-order valence-electron chi connectivity index (χ3n) is 4.65. The Labute approximate surface area is 122 Å². The molecule has 2 N–H and O–H groups in total. The number of rotatable bonds is 4. The minimum absolute atomic E-state index is 0.0495. The predicted molar refractivity (Wildman–Crippen MR) is 82.0 cm³/mol. The molecule has 0 aromatic heterocycles. The highest BCUT2D eigenvalue weighted by molar-refractivity contribution is 5.23. The molecule has 112 valence electrons. The molecule has 4 unspecified atom stereocenters. The van der Waals surface area contributed by atoms with Gasteiger partial charge in [-0.2, -0.15) is 0 Å². The fourth-order valence-corrected chi connectivity index (χ4v) is 3.59. The molecule has 1 aromatic rings. The quantitative estimate of drug-likeness (QED) is 0.909. The average molecular weight is 278 g/mol. The van der Waals surface area contributed by atoms with Gasteiger partial charge >= 0.3 is 0 Å². The van der Waals surface area contributed by atoms with Crippen molar-refractivity contribution >= 4 is 0 Å². The van der Waals surface area contributed by atoms with Crippen molar-refractivity contribution in [2.75, 3.05) is 7.05 Å². The Kier molecular flexibility index (Phi) is 5.17. The van der Waals surface area contributed by atoms with Crippen LogP contribution in [0.15, 0.2) is 24.3 Å². The van der Waals surface area contributed by atoms with Crippen LogP contribution in [-0.4, -0.2) is 24.0 Å². The molecule has 1 aliphatic carbocycles. The van der Waals surface area contributed by atoms with Gasteiger partial charge in [-0.05, 0) is 38.8 Å². The zero-order valence-corrected chi connectivity index (χ0v) is 12.8. The van der Waals surface area contributed by atoms with Crippen LogP contribution in [0.3, 0.4) is 0 Å². The van der Waals surface area contributed by atoms with Crippen molar-refractivity contribution in [1.29, 1.82) is 0 Å². The highest BCUT2D eigenvalue weighted by Gasteiger charge is 2.31. The predicted octanol–water partition coefficient (Wildman–Crippen LogP) is 3.72. The summed E-state index contributed by atoms with van der Waals surface area (Å²) >= 11 is 0. The number of halogens is 1. The first-order chi connectivity index (χ1) is 9.50. The van der Waals surface area contributed by atoms with Crippen LogP contribution < -0.4 is 5.73 Å². The van der Waals surface area contributed by atoms with E-state index >= 15 is 0 Å². The normalized spacial score (nSPS) is 26.5. The summed E-state index contributed by atoms with van der Waals surface area (Å²) in [7, 11) is 2.10. The van der Waals surface area contributed by atoms with E-state index in [-0.39, 0.29) is 17.9 Å². The van der Waals surface area contributed by atoms with Gasteiger partial charge in [0.25, 0.3) is 0 Å². The molecule has 20 heavy (non-hydrogen) atoms. The second-order valence-electron chi connectivity index (χ2n) is 6.42. The molecule has 0 amide bonds. The van der Waals surface area contributed by atoms with Crippen LogP contribution in [0.2, 0.25) is 0 Å². The van der Waals surface area contributed by atoms with Gasteiger partial charge in [0, 0.05) is 17.6 Å². The second kappa shape index (κ2) is 6.68. The van der Waals surface area contributed by atoms with E-state index in [1.807, 2.05) is 19.1 Å². The maximum atomic E-state index is 14.1. The summed E-state index contributed by atoms with van der Waals surface area (Å²) in [6.45, 7) is 4.28. The highest BCUT2D eigenvalue weighted by Crippen LogP contribution is 2.33. The maximum absolute atomic E-state index is 14.1. The first-order valence-electron chi connectivity index (χ1n) is 7.72. The van der Waals surface area contributed by atoms with E-state index in [4.69, 9.17) is 5.73 Å². The summed E-state index contributed by atoms with van der Waals surface area (Å²) in [6, 6.07) is 7.40. The molecule has 1 aromatic carbocycles. The molecule has 0 bridgehead atoms. The Balaban J connectivity index is 2.22. The van der Waals surface area contributed by atoms with E-state index in [1.54, 1.807) is 6.07 Å². The molecule has 3 heteroatoms. The first kappa shape index (κ1) is 15.5. The summed E-state index contributed by atoms with van der Waals surface area (Å²) in [5, 5.41) is 0. The molecule has 0 heterocycles. The first-order valence-corrected chi connectivity index (χ1v) is 7.72. The molecule has 4 atom stereocenters. The molecule has 2 nitrogen and oxygen atoms in total. The van der Waals surface area contributed by atoms with Crippen molar-refractivity contribution in [2.45, 2.75) is 57.7 Å². The largest absolute Gasteiger partial charge is 0.326 e. The maximum Gasteiger partial charge on any atom is 0.128 e. The Bertz CT molecular complexity index is 433. The lowest BCUT2D eigenvalue weighted by Crippen LogP contribution is -2.44. The fraction of sp³-hybridized carbons (Fsp3) is 0.647. The summed E-state index contributed by atoms with van der Waals surface area (Å²) < 4.78 is 14.1. The molecule has 0 spiro atoms. The molecule has 0 saturated heterocycles. The number of nitrogens with zero attached hydrogens (tertiary/aromatic N) is 1. The fourth-order valence-electron chi connectivity index (χ4n) is 3.59. The van der Waals surface area contributed by atoms with E-state index in [0.29, 0.717) is 6.04 Å². The molecule has 2 rings (SSSR count). The van der Waals surface area contributed by atoms with Gasteiger partial charge in [-0.3, -0.25) is 4.90 Å². The molecule has 0 aliphatic heterocycles. The SMILES string of the molecule is CC1CCCC(N(C)C(c2ccccc2F)C(C)N)C1. The summed E-state index contributed by atoms with van der Waals surface area (Å²) in [5.41, 5.74) is 6.90. The van der Waals surface area contributed by atoms with Gasteiger partial charge in [0.2, 0.25) is 0 Å². The lowest BCUT2D eigenvalue weighted by atomic mass is 9.84. The zero-order chi connectivity index (χ0) is 14.7. The molecule has 1 fully saturated rings. The second-order valence-corrected chi connectivity index (χ2v) is 6.42. The lowest BCUT2D eigenvalue weighted by molar-refractivity contribution is 0.104. The van der Waals surface area contributed by atoms with E-state index in [0.717, 1.165) is 11.5 Å². The van der Waals surface area contributed by atoms with Crippen LogP contribution >= 0.6 is 0 Å². The highest BCUT2D eigenvalue weighted by atomic mass is 19.1. The van der Waals surface area contributed by atoms with Gasteiger partial charge in [-0.25, -0.2) is 4.39 Å². The summed E-state index contributed by atoms with van der Waals surface area (Å²) in [6.07, 6.45) is 4.96. The Hall–Kier alpha value is -0.930. The number of hydrogen-bond acceptors (Lipinski definition) is 2. The van der Waals surface area contributed by atoms with Crippen molar-refractivity contribution < 1.29 is 4.39 Å². The third-order valence-corrected chi connectivity index (χ3v) is 4.65. The monoisotopic (exact) mass is 278 g/mol. The van der Waals surface area contributed by atoms with Gasteiger partial charge in [0.15, 0.2) is 0 Å². The number of nitrogens with two attached hydrogens (primary N) is 1. The lowest BCUT2D eigenvalue weighted by Gasteiger charge is -2.40. The van der Waals surface area contributed by atoms with E-state index in [2.05, 4.69) is 18.9 Å². The molecular weight excluding hydrogens is 251 g/mol. The van der Waals surface area contributed by atoms with Crippen molar-refractivity contribution in [1.82, 2.24) is 4.90 Å². The van der Waals surface area contributed by atoms with Crippen LogP contribution in [0.25, 0.3) is 0 Å². The topological polar surface area (TPSA) is 29.3 Å². The zero-order valence-electron chi connectivity index (χ0n) is 12.8. The minimum atomic E-state index is -0.148. The van der Waals surface area contributed by atoms with Crippen LogP contribution in [0.4, 0.5) is 4.39 Å². The number of likely N-dealkylation sites (N-methyl/N-ethyl adjacent to an activating group) is 1. The van der Waals surface area contributed by atoms with E-state index in [1.165, 1.54) is 31.7 Å². The van der Waals surface area contributed by atoms with Crippen molar-refractivity contribution in [3.8, 4) is 0 Å². The smallest absolute Gasteiger partial charge is 0.128 e. The van der Waals surface area contributed by atoms with E-state index < -0.39 is 0 Å². The van der Waals surface area contributed by atoms with Crippen LogP contribution in [0, 0.1) is 11.7 Å². The van der Waals surface area contributed by atoms with E-state index in [9.17, 15) is 4.39 Å². The Morgan fingerprint density at radius 3 is 2.60 bits per heavy atom. The molecule has 1 aliphatic rings. The molecular formula is C17H27FN2. The summed E-state index contributed by atoms with van der Waals surface area (Å²) in [5.74, 6) is 0.607. The third kappa shape index (κ3) is 3.39. The molecule has 1 saturated carbocycles. The van der Waals surface area contributed by atoms with Crippen LogP contribution in [0.5, 0.6) is 0 Å². The Morgan fingerprint density at radius 2 is 2.00 bits per heavy atom. The average Bonchev–Trinajstić information content (AvgIpc) is 2.40. The van der Waals surface area contributed by atoms with Gasteiger partial charge in [0.05, 0.1) is 6.04 Å². The summed E-state index contributed by atoms with van der Waals surface area (Å²) in [4.78, 5) is 2.30. The van der Waals surface area contributed by atoms with Gasteiger partial charge in [0.1, 0.15) is 5.82 Å². The standard InChI is InChI=1S/C17H27FN2/c1-12-7-6-8-14(11-12)20(3)17(13(2)19)15-9-4-5-10-16(15)18/h4-5,9-10,12-14,17H,6-8,11,19H2,1-3H3. The minimum Gasteiger partial charge on any atom is -0.326 e. The van der Waals surface area contributed by atoms with Gasteiger partial charge in [-0.15, -0.1) is 0 Å². The number of benzene rings is 1. The van der Waals surface area contributed by atoms with Gasteiger partial charge < -0.3 is 5.73 Å². The van der Waals surface area contributed by atoms with Crippen molar-refractivity contribution in [2.24, 2.45) is 11.7 Å². The Morgan fingerprint density at radius 1 is 1.30 bits per heavy atom. The molecule has 0 radical (unpaired) electrons. The van der Waals surface area contributed by atoms with Crippen molar-refractivity contribution in [3.05, 3.63) is 35.6 Å².